The molecule has 2 heterocycles. The highest BCUT2D eigenvalue weighted by Crippen LogP contribution is 2.35. The van der Waals surface area contributed by atoms with E-state index in [9.17, 15) is 9.59 Å². The molecule has 2 aromatic rings. The highest BCUT2D eigenvalue weighted by Gasteiger charge is 2.37. The topological polar surface area (TPSA) is 84.9 Å². The Morgan fingerprint density at radius 3 is 2.89 bits per heavy atom. The van der Waals surface area contributed by atoms with Crippen molar-refractivity contribution in [2.75, 3.05) is 11.9 Å². The van der Waals surface area contributed by atoms with Crippen LogP contribution < -0.4 is 11.1 Å². The van der Waals surface area contributed by atoms with E-state index in [-0.39, 0.29) is 6.54 Å². The van der Waals surface area contributed by atoms with Crippen LogP contribution in [0.4, 0.5) is 10.5 Å². The number of benzene rings is 1. The molecule has 1 aliphatic rings. The van der Waals surface area contributed by atoms with Gasteiger partial charge in [0.25, 0.3) is 0 Å². The second-order valence-corrected chi connectivity index (χ2v) is 7.65. The molecule has 3 rings (SSSR count). The van der Waals surface area contributed by atoms with E-state index in [2.05, 4.69) is 11.2 Å². The van der Waals surface area contributed by atoms with Gasteiger partial charge in [0, 0.05) is 17.8 Å². The Morgan fingerprint density at radius 2 is 2.18 bits per heavy atom. The summed E-state index contributed by atoms with van der Waals surface area (Å²) in [6, 6.07) is 6.95. The smallest absolute Gasteiger partial charge is 0.444 e. The van der Waals surface area contributed by atoms with Crippen molar-refractivity contribution in [3.63, 3.8) is 0 Å². The molecule has 0 spiro atoms. The van der Waals surface area contributed by atoms with Crippen LogP contribution in [0.2, 0.25) is 0 Å². The van der Waals surface area contributed by atoms with E-state index in [1.807, 2.05) is 45.0 Å². The maximum absolute atomic E-state index is 12.5. The molecule has 0 saturated carbocycles. The summed E-state index contributed by atoms with van der Waals surface area (Å²) in [5.41, 5.74) is 0.930. The highest BCUT2D eigenvalue weighted by atomic mass is 16.6. The van der Waals surface area contributed by atoms with Gasteiger partial charge in [-0.2, -0.15) is 0 Å². The molecular weight excluding hydrogens is 360 g/mol. The van der Waals surface area contributed by atoms with E-state index in [0.29, 0.717) is 24.5 Å². The van der Waals surface area contributed by atoms with Crippen molar-refractivity contribution in [3.8, 4) is 12.3 Å². The van der Waals surface area contributed by atoms with E-state index in [4.69, 9.17) is 20.0 Å². The monoisotopic (exact) mass is 384 g/mol. The van der Waals surface area contributed by atoms with E-state index < -0.39 is 23.6 Å². The van der Waals surface area contributed by atoms with Crippen molar-refractivity contribution in [2.45, 2.75) is 51.8 Å². The number of amides is 1. The molecule has 0 aliphatic carbocycles. The molecule has 7 heteroatoms. The first-order valence-electron chi connectivity index (χ1n) is 9.20. The molecule has 1 saturated heterocycles. The molecule has 28 heavy (non-hydrogen) atoms. The maximum atomic E-state index is 12.5. The van der Waals surface area contributed by atoms with Gasteiger partial charge in [-0.05, 0) is 51.8 Å². The first kappa shape index (κ1) is 19.6. The Kier molecular flexibility index (Phi) is 5.50. The molecule has 1 N–H and O–H groups in total. The highest BCUT2D eigenvalue weighted by molar-refractivity contribution is 5.69. The minimum atomic E-state index is -0.791. The number of carbonyl (C=O) groups is 1. The quantitative estimate of drug-likeness (QED) is 0.805. The van der Waals surface area contributed by atoms with Crippen LogP contribution >= 0.6 is 0 Å². The number of hydrogen-bond acceptors (Lipinski definition) is 6. The Balaban J connectivity index is 1.78. The Bertz CT molecular complexity index is 945. The Labute approximate surface area is 163 Å². The minimum absolute atomic E-state index is 0.230. The normalized spacial score (nSPS) is 16.6. The molecule has 1 atom stereocenters. The summed E-state index contributed by atoms with van der Waals surface area (Å²) in [5.74, 6) is 2.49. The second-order valence-electron chi connectivity index (χ2n) is 7.65. The average molecular weight is 384 g/mol. The third-order valence-electron chi connectivity index (χ3n) is 4.34. The van der Waals surface area contributed by atoms with Crippen molar-refractivity contribution < 1.29 is 18.4 Å². The summed E-state index contributed by atoms with van der Waals surface area (Å²) in [6.45, 7) is 6.20. The summed E-state index contributed by atoms with van der Waals surface area (Å²) < 4.78 is 16.0. The summed E-state index contributed by atoms with van der Waals surface area (Å²) >= 11 is 0. The van der Waals surface area contributed by atoms with Gasteiger partial charge in [-0.15, -0.1) is 6.42 Å². The van der Waals surface area contributed by atoms with Crippen LogP contribution in [0.5, 0.6) is 0 Å². The van der Waals surface area contributed by atoms with Crippen molar-refractivity contribution in [1.82, 2.24) is 4.90 Å². The van der Waals surface area contributed by atoms with Crippen molar-refractivity contribution in [3.05, 3.63) is 52.0 Å². The molecule has 7 nitrogen and oxygen atoms in total. The van der Waals surface area contributed by atoms with Gasteiger partial charge in [0.1, 0.15) is 5.60 Å². The lowest BCUT2D eigenvalue weighted by molar-refractivity contribution is 0.0207. The lowest BCUT2D eigenvalue weighted by Crippen LogP contribution is -2.36. The lowest BCUT2D eigenvalue weighted by Gasteiger charge is -2.27. The number of hydrogen-bond donors (Lipinski definition) is 1. The predicted octanol–water partition coefficient (Wildman–Crippen LogP) is 3.90. The number of anilines is 1. The lowest BCUT2D eigenvalue weighted by atomic mass is 10.1. The Hall–Kier alpha value is -3.14. The summed E-state index contributed by atoms with van der Waals surface area (Å²) in [5, 5.41) is 3.17. The summed E-state index contributed by atoms with van der Waals surface area (Å²) in [6.07, 6.45) is 6.45. The number of terminal acetylenes is 1. The number of rotatable bonds is 4. The largest absolute Gasteiger partial charge is 0.519 e. The Morgan fingerprint density at radius 1 is 1.39 bits per heavy atom. The van der Waals surface area contributed by atoms with Crippen LogP contribution in [0.25, 0.3) is 0 Å². The van der Waals surface area contributed by atoms with E-state index in [1.54, 1.807) is 4.90 Å². The van der Waals surface area contributed by atoms with Crippen molar-refractivity contribution in [2.24, 2.45) is 0 Å². The molecule has 1 amide bonds. The summed E-state index contributed by atoms with van der Waals surface area (Å²) in [4.78, 5) is 25.9. The third kappa shape index (κ3) is 4.58. The zero-order valence-corrected chi connectivity index (χ0v) is 16.3. The number of nitrogens with zero attached hydrogens (tertiary/aromatic N) is 1. The maximum Gasteiger partial charge on any atom is 0.519 e. The summed E-state index contributed by atoms with van der Waals surface area (Å²) in [7, 11) is 0. The first-order chi connectivity index (χ1) is 13.3. The standard InChI is InChI=1S/C21H24N2O5/c1-5-14-8-6-9-15(12-14)22-13-17-18(27-20(25)26-17)16-10-7-11-23(16)19(24)28-21(2,3)4/h1,6,8-9,12,16,22H,7,10-11,13H2,2-4H3. The van der Waals surface area contributed by atoms with Crippen molar-refractivity contribution in [1.29, 1.82) is 0 Å². The van der Waals surface area contributed by atoms with Crippen LogP contribution in [-0.2, 0) is 11.3 Å². The zero-order chi connectivity index (χ0) is 20.3. The molecule has 148 valence electrons. The van der Waals surface area contributed by atoms with Gasteiger partial charge >= 0.3 is 11.9 Å². The minimum Gasteiger partial charge on any atom is -0.444 e. The van der Waals surface area contributed by atoms with E-state index in [1.165, 1.54) is 0 Å². The molecule has 1 aromatic carbocycles. The fourth-order valence-electron chi connectivity index (χ4n) is 3.18. The van der Waals surface area contributed by atoms with Crippen LogP contribution in [0.15, 0.2) is 37.9 Å². The van der Waals surface area contributed by atoms with E-state index in [0.717, 1.165) is 17.7 Å². The molecule has 1 aromatic heterocycles. The van der Waals surface area contributed by atoms with Gasteiger partial charge in [0.2, 0.25) is 0 Å². The van der Waals surface area contributed by atoms with Crippen LogP contribution in [-0.4, -0.2) is 23.1 Å². The number of carbonyl (C=O) groups excluding carboxylic acids is 1. The third-order valence-corrected chi connectivity index (χ3v) is 4.34. The second kappa shape index (κ2) is 7.85. The van der Waals surface area contributed by atoms with Crippen molar-refractivity contribution >= 4 is 11.8 Å². The van der Waals surface area contributed by atoms with Gasteiger partial charge < -0.3 is 18.9 Å². The van der Waals surface area contributed by atoms with Crippen LogP contribution in [0.1, 0.15) is 56.7 Å². The van der Waals surface area contributed by atoms with Crippen LogP contribution in [0, 0.1) is 12.3 Å². The predicted molar refractivity (Wildman–Crippen MR) is 104 cm³/mol. The molecule has 1 fully saturated rings. The fraction of sp³-hybridized carbons (Fsp3) is 0.429. The first-order valence-corrected chi connectivity index (χ1v) is 9.20. The van der Waals surface area contributed by atoms with Gasteiger partial charge in [-0.25, -0.2) is 9.59 Å². The molecule has 1 unspecified atom stereocenters. The SMILES string of the molecule is C#Cc1cccc(NCc2oc(=O)oc2C2CCCN2C(=O)OC(C)(C)C)c1. The molecule has 1 aliphatic heterocycles. The van der Waals surface area contributed by atoms with Gasteiger partial charge in [-0.3, -0.25) is 4.90 Å². The van der Waals surface area contributed by atoms with Gasteiger partial charge in [0.05, 0.1) is 12.6 Å². The fourth-order valence-corrected chi connectivity index (χ4v) is 3.18. The number of ether oxygens (including phenoxy) is 1. The average Bonchev–Trinajstić information content (AvgIpc) is 3.25. The molecule has 0 bridgehead atoms. The van der Waals surface area contributed by atoms with Gasteiger partial charge in [0.15, 0.2) is 11.5 Å². The van der Waals surface area contributed by atoms with Gasteiger partial charge in [-0.1, -0.05) is 12.0 Å². The number of likely N-dealkylation sites (tertiary alicyclic amines) is 1. The molecule has 0 radical (unpaired) electrons. The van der Waals surface area contributed by atoms with Crippen LogP contribution in [0.3, 0.4) is 0 Å². The number of nitrogens with one attached hydrogen (secondary N) is 1. The zero-order valence-electron chi connectivity index (χ0n) is 16.3. The van der Waals surface area contributed by atoms with E-state index >= 15 is 0 Å². The molecular formula is C21H24N2O5.